The second-order valence-electron chi connectivity index (χ2n) is 5.96. The number of nitrogens with zero attached hydrogens (tertiary/aromatic N) is 1. The first kappa shape index (κ1) is 15.4. The van der Waals surface area contributed by atoms with Crippen LogP contribution < -0.4 is 15.1 Å². The maximum absolute atomic E-state index is 12.2. The molecule has 0 unspecified atom stereocenters. The quantitative estimate of drug-likeness (QED) is 0.792. The number of nitrogens with one attached hydrogen (secondary N) is 2. The van der Waals surface area contributed by atoms with E-state index < -0.39 is 0 Å². The second-order valence-corrected chi connectivity index (χ2v) is 5.96. The van der Waals surface area contributed by atoms with Gasteiger partial charge in [-0.05, 0) is 36.4 Å². The molecule has 1 aliphatic heterocycles. The minimum atomic E-state index is -0.306. The standard InChI is InChI=1S/C18H21N3O2/c1-20-10-12-21(13-11-20)15-8-6-14(7-9-15)19-18(23)16-4-2-3-5-17(16)22/h2-9,22H,10-13H2,1H3,(H,19,23)/p+1. The lowest BCUT2D eigenvalue weighted by Gasteiger charge is -2.31. The Bertz CT molecular complexity index is 677. The van der Waals surface area contributed by atoms with Crippen LogP contribution in [-0.2, 0) is 0 Å². The fourth-order valence-electron chi connectivity index (χ4n) is 2.77. The van der Waals surface area contributed by atoms with Crippen molar-refractivity contribution in [1.29, 1.82) is 0 Å². The van der Waals surface area contributed by atoms with E-state index in [-0.39, 0.29) is 17.2 Å². The van der Waals surface area contributed by atoms with Gasteiger partial charge in [0.2, 0.25) is 0 Å². The number of amides is 1. The number of hydrogen-bond donors (Lipinski definition) is 3. The van der Waals surface area contributed by atoms with Gasteiger partial charge in [0.05, 0.1) is 38.8 Å². The molecule has 0 radical (unpaired) electrons. The second kappa shape index (κ2) is 6.71. The van der Waals surface area contributed by atoms with Gasteiger partial charge >= 0.3 is 0 Å². The van der Waals surface area contributed by atoms with Gasteiger partial charge in [0.1, 0.15) is 5.75 Å². The van der Waals surface area contributed by atoms with Gasteiger partial charge in [-0.2, -0.15) is 0 Å². The number of hydrogen-bond acceptors (Lipinski definition) is 3. The van der Waals surface area contributed by atoms with Crippen molar-refractivity contribution in [3.63, 3.8) is 0 Å². The number of aromatic hydroxyl groups is 1. The lowest BCUT2D eigenvalue weighted by atomic mass is 10.2. The molecule has 2 aromatic carbocycles. The third kappa shape index (κ3) is 3.63. The van der Waals surface area contributed by atoms with Crippen molar-refractivity contribution >= 4 is 17.3 Å². The van der Waals surface area contributed by atoms with Gasteiger partial charge in [0, 0.05) is 11.4 Å². The number of carbonyl (C=O) groups is 1. The van der Waals surface area contributed by atoms with Crippen molar-refractivity contribution < 1.29 is 14.8 Å². The smallest absolute Gasteiger partial charge is 0.259 e. The molecule has 2 aromatic rings. The van der Waals surface area contributed by atoms with E-state index in [2.05, 4.69) is 17.3 Å². The van der Waals surface area contributed by atoms with Crippen molar-refractivity contribution in [2.75, 3.05) is 43.4 Å². The van der Waals surface area contributed by atoms with Crippen molar-refractivity contribution in [3.8, 4) is 5.75 Å². The molecule has 0 bridgehead atoms. The molecular weight excluding hydrogens is 290 g/mol. The summed E-state index contributed by atoms with van der Waals surface area (Å²) in [5.41, 5.74) is 2.18. The highest BCUT2D eigenvalue weighted by molar-refractivity contribution is 6.06. The molecule has 0 spiro atoms. The number of para-hydroxylation sites is 1. The van der Waals surface area contributed by atoms with Gasteiger partial charge in [-0.15, -0.1) is 0 Å². The number of phenolic OH excluding ortho intramolecular Hbond substituents is 1. The summed E-state index contributed by atoms with van der Waals surface area (Å²) in [5, 5.41) is 12.5. The topological polar surface area (TPSA) is 57.0 Å². The molecule has 0 aliphatic carbocycles. The van der Waals surface area contributed by atoms with E-state index in [1.54, 1.807) is 23.1 Å². The van der Waals surface area contributed by atoms with Gasteiger partial charge in [-0.1, -0.05) is 12.1 Å². The SMILES string of the molecule is C[NH+]1CCN(c2ccc(NC(=O)c3ccccc3O)cc2)CC1. The molecule has 0 aromatic heterocycles. The number of carbonyl (C=O) groups excluding carboxylic acids is 1. The molecule has 23 heavy (non-hydrogen) atoms. The van der Waals surface area contributed by atoms with Crippen LogP contribution in [0.15, 0.2) is 48.5 Å². The molecule has 0 atom stereocenters. The summed E-state index contributed by atoms with van der Waals surface area (Å²) in [4.78, 5) is 16.1. The van der Waals surface area contributed by atoms with Crippen LogP contribution >= 0.6 is 0 Å². The van der Waals surface area contributed by atoms with Crippen molar-refractivity contribution in [2.45, 2.75) is 0 Å². The van der Waals surface area contributed by atoms with Gasteiger partial charge < -0.3 is 20.2 Å². The van der Waals surface area contributed by atoms with Crippen LogP contribution in [0.1, 0.15) is 10.4 Å². The van der Waals surface area contributed by atoms with E-state index in [1.165, 1.54) is 11.8 Å². The Hall–Kier alpha value is -2.53. The molecule has 1 saturated heterocycles. The Balaban J connectivity index is 1.66. The molecule has 120 valence electrons. The van der Waals surface area contributed by atoms with Crippen LogP contribution in [0.5, 0.6) is 5.75 Å². The molecule has 1 aliphatic rings. The van der Waals surface area contributed by atoms with E-state index >= 15 is 0 Å². The zero-order valence-electron chi connectivity index (χ0n) is 13.2. The zero-order valence-corrected chi connectivity index (χ0v) is 13.2. The van der Waals surface area contributed by atoms with Crippen LogP contribution in [0, 0.1) is 0 Å². The summed E-state index contributed by atoms with van der Waals surface area (Å²) >= 11 is 0. The molecule has 3 rings (SSSR count). The van der Waals surface area contributed by atoms with Gasteiger partial charge in [0.25, 0.3) is 5.91 Å². The number of piperazine rings is 1. The van der Waals surface area contributed by atoms with Crippen LogP contribution in [0.25, 0.3) is 0 Å². The van der Waals surface area contributed by atoms with Crippen molar-refractivity contribution in [3.05, 3.63) is 54.1 Å². The number of benzene rings is 2. The van der Waals surface area contributed by atoms with Crippen LogP contribution in [-0.4, -0.2) is 44.2 Å². The molecule has 0 saturated carbocycles. The maximum atomic E-state index is 12.2. The molecule has 5 heteroatoms. The lowest BCUT2D eigenvalue weighted by molar-refractivity contribution is -0.880. The molecule has 1 heterocycles. The monoisotopic (exact) mass is 312 g/mol. The van der Waals surface area contributed by atoms with Gasteiger partial charge in [0.15, 0.2) is 0 Å². The minimum absolute atomic E-state index is 0.0124. The van der Waals surface area contributed by atoms with E-state index in [1.807, 2.05) is 24.3 Å². The molecule has 1 fully saturated rings. The van der Waals surface area contributed by atoms with E-state index in [9.17, 15) is 9.90 Å². The highest BCUT2D eigenvalue weighted by Crippen LogP contribution is 2.20. The number of rotatable bonds is 3. The van der Waals surface area contributed by atoms with Gasteiger partial charge in [-0.3, -0.25) is 4.79 Å². The first-order valence-corrected chi connectivity index (χ1v) is 7.89. The molecule has 5 nitrogen and oxygen atoms in total. The lowest BCUT2D eigenvalue weighted by Crippen LogP contribution is -3.12. The summed E-state index contributed by atoms with van der Waals surface area (Å²) < 4.78 is 0. The molecule has 3 N–H and O–H groups in total. The van der Waals surface area contributed by atoms with Gasteiger partial charge in [-0.25, -0.2) is 0 Å². The third-order valence-electron chi connectivity index (χ3n) is 4.26. The van der Waals surface area contributed by atoms with Crippen molar-refractivity contribution in [2.24, 2.45) is 0 Å². The summed E-state index contributed by atoms with van der Waals surface area (Å²) in [7, 11) is 2.22. The number of likely N-dealkylation sites (N-methyl/N-ethyl adjacent to an activating group) is 1. The average Bonchev–Trinajstić information content (AvgIpc) is 2.57. The Labute approximate surface area is 136 Å². The van der Waals surface area contributed by atoms with E-state index in [0.717, 1.165) is 31.9 Å². The van der Waals surface area contributed by atoms with E-state index in [4.69, 9.17) is 0 Å². The summed E-state index contributed by atoms with van der Waals surface area (Å²) in [5.74, 6) is -0.319. The summed E-state index contributed by atoms with van der Waals surface area (Å²) in [6, 6.07) is 14.4. The molecule has 1 amide bonds. The number of quaternary nitrogens is 1. The normalized spacial score (nSPS) is 15.4. The Morgan fingerprint density at radius 1 is 1.09 bits per heavy atom. The first-order valence-electron chi connectivity index (χ1n) is 7.89. The summed E-state index contributed by atoms with van der Waals surface area (Å²) in [6.07, 6.45) is 0. The number of phenols is 1. The predicted molar refractivity (Wildman–Crippen MR) is 91.3 cm³/mol. The highest BCUT2D eigenvalue weighted by atomic mass is 16.3. The average molecular weight is 312 g/mol. The fraction of sp³-hybridized carbons (Fsp3) is 0.278. The largest absolute Gasteiger partial charge is 0.507 e. The zero-order chi connectivity index (χ0) is 16.2. The predicted octanol–water partition coefficient (Wildman–Crippen LogP) is 0.979. The highest BCUT2D eigenvalue weighted by Gasteiger charge is 2.17. The van der Waals surface area contributed by atoms with Crippen LogP contribution in [0.2, 0.25) is 0 Å². The third-order valence-corrected chi connectivity index (χ3v) is 4.26. The van der Waals surface area contributed by atoms with Crippen molar-refractivity contribution in [1.82, 2.24) is 0 Å². The Kier molecular flexibility index (Phi) is 4.48. The Morgan fingerprint density at radius 2 is 1.74 bits per heavy atom. The fourth-order valence-corrected chi connectivity index (χ4v) is 2.77. The summed E-state index contributed by atoms with van der Waals surface area (Å²) in [6.45, 7) is 4.39. The van der Waals surface area contributed by atoms with E-state index in [0.29, 0.717) is 0 Å². The number of anilines is 2. The van der Waals surface area contributed by atoms with Crippen LogP contribution in [0.4, 0.5) is 11.4 Å². The first-order chi connectivity index (χ1) is 11.1. The minimum Gasteiger partial charge on any atom is -0.507 e. The maximum Gasteiger partial charge on any atom is 0.259 e. The molecular formula is C18H22N3O2+. The van der Waals surface area contributed by atoms with Crippen LogP contribution in [0.3, 0.4) is 0 Å². The Morgan fingerprint density at radius 3 is 2.39 bits per heavy atom.